The van der Waals surface area contributed by atoms with Gasteiger partial charge in [-0.15, -0.1) is 0 Å². The van der Waals surface area contributed by atoms with E-state index in [0.29, 0.717) is 21.4 Å². The summed E-state index contributed by atoms with van der Waals surface area (Å²) in [5.74, 6) is -1.34. The van der Waals surface area contributed by atoms with Crippen molar-refractivity contribution in [2.75, 3.05) is 16.8 Å². The number of nitrogens with zero attached hydrogens (tertiary/aromatic N) is 4. The number of rotatable bonds is 4. The van der Waals surface area contributed by atoms with E-state index < -0.39 is 29.8 Å². The normalized spacial score (nSPS) is 20.4. The molecule has 148 valence electrons. The first-order chi connectivity index (χ1) is 13.9. The van der Waals surface area contributed by atoms with Crippen LogP contribution in [0.2, 0.25) is 10.0 Å². The van der Waals surface area contributed by atoms with Gasteiger partial charge in [0.25, 0.3) is 11.8 Å². The van der Waals surface area contributed by atoms with Crippen molar-refractivity contribution < 1.29 is 14.4 Å². The summed E-state index contributed by atoms with van der Waals surface area (Å²) in [4.78, 5) is 39.2. The van der Waals surface area contributed by atoms with Crippen LogP contribution in [0.4, 0.5) is 11.4 Å². The second-order valence-electron chi connectivity index (χ2n) is 6.67. The first-order valence-electron chi connectivity index (χ1n) is 8.72. The topological polar surface area (TPSA) is 94.4 Å². The Hall–Kier alpha value is -2.97. The van der Waals surface area contributed by atoms with E-state index >= 15 is 0 Å². The highest BCUT2D eigenvalue weighted by molar-refractivity contribution is 6.42. The minimum Gasteiger partial charge on any atom is -0.324 e. The second kappa shape index (κ2) is 7.46. The maximum atomic E-state index is 13.0. The molecule has 29 heavy (non-hydrogen) atoms. The van der Waals surface area contributed by atoms with E-state index in [9.17, 15) is 14.4 Å². The minimum absolute atomic E-state index is 0.245. The summed E-state index contributed by atoms with van der Waals surface area (Å²) in [6, 6.07) is 9.86. The standard InChI is InChI=1S/C19H15Cl2N5O3/c1-10-4-2-3-5-14(10)26-18(28)16-17(19(26)29)25(24-23-16)9-15(27)22-11-6-7-12(20)13(21)8-11/h2-8,16-17H,9H2,1H3,(H,22,27)/t16-,17-/m1/s1. The Morgan fingerprint density at radius 3 is 2.59 bits per heavy atom. The number of hydrogen-bond donors (Lipinski definition) is 1. The van der Waals surface area contributed by atoms with Gasteiger partial charge in [-0.05, 0) is 36.8 Å². The van der Waals surface area contributed by atoms with Crippen LogP contribution in [0.15, 0.2) is 52.8 Å². The van der Waals surface area contributed by atoms with Crippen LogP contribution < -0.4 is 10.2 Å². The van der Waals surface area contributed by atoms with Gasteiger partial charge in [0.05, 0.1) is 15.7 Å². The van der Waals surface area contributed by atoms with E-state index in [1.807, 2.05) is 19.1 Å². The fourth-order valence-corrected chi connectivity index (χ4v) is 3.63. The van der Waals surface area contributed by atoms with Crippen LogP contribution in [0, 0.1) is 6.92 Å². The van der Waals surface area contributed by atoms with E-state index in [1.54, 1.807) is 24.3 Å². The number of aryl methyl sites for hydroxylation is 1. The number of fused-ring (bicyclic) bond motifs is 1. The molecule has 2 heterocycles. The molecule has 0 aliphatic carbocycles. The number of amides is 3. The number of carbonyl (C=O) groups is 3. The lowest BCUT2D eigenvalue weighted by Crippen LogP contribution is -2.43. The molecule has 8 nitrogen and oxygen atoms in total. The number of anilines is 2. The third-order valence-electron chi connectivity index (χ3n) is 4.72. The van der Waals surface area contributed by atoms with Crippen LogP contribution in [-0.2, 0) is 14.4 Å². The van der Waals surface area contributed by atoms with Crippen molar-refractivity contribution in [3.05, 3.63) is 58.1 Å². The summed E-state index contributed by atoms with van der Waals surface area (Å²) in [7, 11) is 0. The molecule has 2 aromatic carbocycles. The molecule has 2 aliphatic heterocycles. The number of nitrogens with one attached hydrogen (secondary N) is 1. The number of carbonyl (C=O) groups excluding carboxylic acids is 3. The Labute approximate surface area is 176 Å². The Balaban J connectivity index is 1.50. The van der Waals surface area contributed by atoms with Gasteiger partial charge in [0.15, 0.2) is 12.1 Å². The first kappa shape index (κ1) is 19.4. The lowest BCUT2D eigenvalue weighted by atomic mass is 10.1. The van der Waals surface area contributed by atoms with Crippen molar-refractivity contribution in [3.8, 4) is 0 Å². The van der Waals surface area contributed by atoms with E-state index in [2.05, 4.69) is 15.7 Å². The monoisotopic (exact) mass is 431 g/mol. The highest BCUT2D eigenvalue weighted by atomic mass is 35.5. The van der Waals surface area contributed by atoms with Crippen LogP contribution in [-0.4, -0.2) is 41.4 Å². The molecule has 2 aromatic rings. The predicted molar refractivity (Wildman–Crippen MR) is 108 cm³/mol. The van der Waals surface area contributed by atoms with Crippen LogP contribution >= 0.6 is 23.2 Å². The van der Waals surface area contributed by atoms with Gasteiger partial charge in [0, 0.05) is 5.69 Å². The van der Waals surface area contributed by atoms with Gasteiger partial charge in [-0.1, -0.05) is 46.6 Å². The smallest absolute Gasteiger partial charge is 0.263 e. The fourth-order valence-electron chi connectivity index (χ4n) is 3.33. The molecule has 0 spiro atoms. The number of hydrogen-bond acceptors (Lipinski definition) is 6. The van der Waals surface area contributed by atoms with Crippen molar-refractivity contribution in [3.63, 3.8) is 0 Å². The van der Waals surface area contributed by atoms with Crippen LogP contribution in [0.25, 0.3) is 0 Å². The van der Waals surface area contributed by atoms with E-state index in [4.69, 9.17) is 23.2 Å². The van der Waals surface area contributed by atoms with Gasteiger partial charge in [0.1, 0.15) is 6.54 Å². The second-order valence-corrected chi connectivity index (χ2v) is 7.48. The fraction of sp³-hybridized carbons (Fsp3) is 0.211. The van der Waals surface area contributed by atoms with Crippen LogP contribution in [0.3, 0.4) is 0 Å². The quantitative estimate of drug-likeness (QED) is 0.751. The van der Waals surface area contributed by atoms with E-state index in [0.717, 1.165) is 10.5 Å². The Bertz CT molecular complexity index is 1060. The Morgan fingerprint density at radius 1 is 1.10 bits per heavy atom. The van der Waals surface area contributed by atoms with Crippen LogP contribution in [0.5, 0.6) is 0 Å². The first-order valence-corrected chi connectivity index (χ1v) is 9.48. The van der Waals surface area contributed by atoms with E-state index in [1.165, 1.54) is 11.1 Å². The lowest BCUT2D eigenvalue weighted by molar-refractivity contribution is -0.123. The molecule has 0 bridgehead atoms. The largest absolute Gasteiger partial charge is 0.324 e. The summed E-state index contributed by atoms with van der Waals surface area (Å²) in [6.45, 7) is 1.57. The molecule has 2 aliphatic rings. The molecule has 10 heteroatoms. The highest BCUT2D eigenvalue weighted by Gasteiger charge is 2.55. The molecular formula is C19H15Cl2N5O3. The molecule has 1 fully saturated rings. The zero-order valence-corrected chi connectivity index (χ0v) is 16.7. The summed E-state index contributed by atoms with van der Waals surface area (Å²) in [6.07, 6.45) is 0. The summed E-state index contributed by atoms with van der Waals surface area (Å²) < 4.78 is 0. The van der Waals surface area contributed by atoms with Crippen molar-refractivity contribution in [2.45, 2.75) is 19.0 Å². The molecule has 3 amide bonds. The Morgan fingerprint density at radius 2 is 1.86 bits per heavy atom. The highest BCUT2D eigenvalue weighted by Crippen LogP contribution is 2.33. The van der Waals surface area contributed by atoms with Crippen molar-refractivity contribution >= 4 is 52.3 Å². The average Bonchev–Trinajstić information content (AvgIpc) is 3.19. The molecule has 0 unspecified atom stereocenters. The number of para-hydroxylation sites is 1. The van der Waals surface area contributed by atoms with Gasteiger partial charge < -0.3 is 5.32 Å². The third kappa shape index (κ3) is 3.45. The van der Waals surface area contributed by atoms with Crippen molar-refractivity contribution in [2.24, 2.45) is 10.3 Å². The maximum absolute atomic E-state index is 13.0. The zero-order valence-electron chi connectivity index (χ0n) is 15.2. The SMILES string of the molecule is Cc1ccccc1N1C(=O)[C@@H]2N=NN(CC(=O)Nc3ccc(Cl)c(Cl)c3)[C@H]2C1=O. The molecule has 0 saturated carbocycles. The maximum Gasteiger partial charge on any atom is 0.263 e. The third-order valence-corrected chi connectivity index (χ3v) is 5.46. The molecule has 2 atom stereocenters. The van der Waals surface area contributed by atoms with Crippen molar-refractivity contribution in [1.29, 1.82) is 0 Å². The number of imide groups is 1. The van der Waals surface area contributed by atoms with Gasteiger partial charge in [-0.2, -0.15) is 5.11 Å². The molecule has 0 aromatic heterocycles. The molecule has 0 radical (unpaired) electrons. The number of benzene rings is 2. The predicted octanol–water partition coefficient (Wildman–Crippen LogP) is 3.23. The minimum atomic E-state index is -0.958. The van der Waals surface area contributed by atoms with Gasteiger partial charge in [-0.25, -0.2) is 4.90 Å². The summed E-state index contributed by atoms with van der Waals surface area (Å²) in [5.41, 5.74) is 1.75. The van der Waals surface area contributed by atoms with E-state index in [-0.39, 0.29) is 6.54 Å². The van der Waals surface area contributed by atoms with Gasteiger partial charge in [0.2, 0.25) is 5.91 Å². The van der Waals surface area contributed by atoms with Gasteiger partial charge >= 0.3 is 0 Å². The molecule has 1 saturated heterocycles. The summed E-state index contributed by atoms with van der Waals surface area (Å²) in [5, 5.41) is 12.4. The molecule has 4 rings (SSSR count). The summed E-state index contributed by atoms with van der Waals surface area (Å²) >= 11 is 11.8. The average molecular weight is 432 g/mol. The molecular weight excluding hydrogens is 417 g/mol. The lowest BCUT2D eigenvalue weighted by Gasteiger charge is -2.21. The van der Waals surface area contributed by atoms with Gasteiger partial charge in [-0.3, -0.25) is 19.4 Å². The van der Waals surface area contributed by atoms with Crippen molar-refractivity contribution in [1.82, 2.24) is 5.01 Å². The molecule has 1 N–H and O–H groups in total. The van der Waals surface area contributed by atoms with Crippen LogP contribution in [0.1, 0.15) is 5.56 Å². The zero-order chi connectivity index (χ0) is 20.7. The number of halogens is 2. The Kier molecular flexibility index (Phi) is 4.97.